The molecule has 7 nitrogen and oxygen atoms in total. The van der Waals surface area contributed by atoms with Crippen molar-refractivity contribution in [1.82, 2.24) is 25.5 Å². The second-order valence-electron chi connectivity index (χ2n) is 9.50. The monoisotopic (exact) mass is 483 g/mol. The Morgan fingerprint density at radius 1 is 1.11 bits per heavy atom. The number of aromatic nitrogens is 4. The third kappa shape index (κ3) is 4.47. The first kappa shape index (κ1) is 22.0. The Kier molecular flexibility index (Phi) is 5.83. The Morgan fingerprint density at radius 3 is 2.86 bits per heavy atom. The number of nitrogens with zero attached hydrogens (tertiary/aromatic N) is 4. The van der Waals surface area contributed by atoms with Crippen LogP contribution >= 0.6 is 11.3 Å². The van der Waals surface area contributed by atoms with Gasteiger partial charge in [-0.3, -0.25) is 5.10 Å². The first-order chi connectivity index (χ1) is 17.1. The molecule has 2 aromatic carbocycles. The molecular formula is C27H29N7S. The van der Waals surface area contributed by atoms with E-state index in [0.717, 1.165) is 53.2 Å². The number of benzene rings is 2. The first-order valence-corrected chi connectivity index (χ1v) is 12.9. The van der Waals surface area contributed by atoms with Crippen LogP contribution in [0.5, 0.6) is 0 Å². The average Bonchev–Trinajstić information content (AvgIpc) is 3.48. The number of hydrogen-bond acceptors (Lipinski definition) is 7. The van der Waals surface area contributed by atoms with E-state index in [9.17, 15) is 0 Å². The van der Waals surface area contributed by atoms with Gasteiger partial charge in [-0.15, -0.1) is 11.3 Å². The minimum atomic E-state index is 0.643. The van der Waals surface area contributed by atoms with E-state index in [4.69, 9.17) is 0 Å². The van der Waals surface area contributed by atoms with Gasteiger partial charge < -0.3 is 15.5 Å². The molecule has 1 atom stereocenters. The van der Waals surface area contributed by atoms with E-state index < -0.39 is 0 Å². The summed E-state index contributed by atoms with van der Waals surface area (Å²) < 4.78 is 0. The third-order valence-corrected chi connectivity index (χ3v) is 8.03. The summed E-state index contributed by atoms with van der Waals surface area (Å²) in [7, 11) is 4.15. The standard InChI is InChI=1S/C27H29N7S/c1-34(2)21-7-3-17(4-8-21)13-28-14-18-5-9-22-24(11-18)35-27-25(22)26(29-16-30-27)32-20-6-10-23-19(12-20)15-31-33-23/h3-4,6-8,10,12,15-16,18,28H,5,9,11,13-14H2,1-2H3,(H,31,33)(H,29,30,32). The minimum Gasteiger partial charge on any atom is -0.378 e. The molecule has 0 aliphatic heterocycles. The van der Waals surface area contributed by atoms with E-state index in [1.165, 1.54) is 33.5 Å². The van der Waals surface area contributed by atoms with Crippen LogP contribution in [0.25, 0.3) is 21.1 Å². The molecule has 1 unspecified atom stereocenters. The van der Waals surface area contributed by atoms with Crippen LogP contribution in [0.3, 0.4) is 0 Å². The lowest BCUT2D eigenvalue weighted by atomic mass is 9.87. The summed E-state index contributed by atoms with van der Waals surface area (Å²) in [6.45, 7) is 1.94. The summed E-state index contributed by atoms with van der Waals surface area (Å²) in [5, 5.41) is 16.6. The van der Waals surface area contributed by atoms with Gasteiger partial charge in [-0.05, 0) is 73.2 Å². The smallest absolute Gasteiger partial charge is 0.142 e. The zero-order valence-corrected chi connectivity index (χ0v) is 20.8. The fourth-order valence-corrected chi connectivity index (χ4v) is 6.24. The maximum absolute atomic E-state index is 4.62. The van der Waals surface area contributed by atoms with Crippen molar-refractivity contribution in [3.8, 4) is 0 Å². The Labute approximate surface area is 208 Å². The highest BCUT2D eigenvalue weighted by Gasteiger charge is 2.25. The zero-order chi connectivity index (χ0) is 23.8. The lowest BCUT2D eigenvalue weighted by molar-refractivity contribution is 0.429. The topological polar surface area (TPSA) is 81.8 Å². The molecule has 3 N–H and O–H groups in total. The molecule has 0 saturated carbocycles. The molecule has 178 valence electrons. The van der Waals surface area contributed by atoms with E-state index in [1.807, 2.05) is 23.6 Å². The summed E-state index contributed by atoms with van der Waals surface area (Å²) in [6, 6.07) is 15.0. The normalized spacial score (nSPS) is 15.4. The van der Waals surface area contributed by atoms with Gasteiger partial charge in [0, 0.05) is 42.3 Å². The number of aryl methyl sites for hydroxylation is 1. The van der Waals surface area contributed by atoms with Gasteiger partial charge in [-0.2, -0.15) is 5.10 Å². The number of anilines is 3. The van der Waals surface area contributed by atoms with Crippen molar-refractivity contribution < 1.29 is 0 Å². The lowest BCUT2D eigenvalue weighted by Crippen LogP contribution is -2.26. The second-order valence-corrected chi connectivity index (χ2v) is 10.6. The minimum absolute atomic E-state index is 0.643. The zero-order valence-electron chi connectivity index (χ0n) is 20.0. The van der Waals surface area contributed by atoms with Crippen molar-refractivity contribution in [1.29, 1.82) is 0 Å². The van der Waals surface area contributed by atoms with Crippen LogP contribution in [0, 0.1) is 5.92 Å². The molecule has 3 aromatic heterocycles. The molecule has 1 aliphatic rings. The fraction of sp³-hybridized carbons (Fsp3) is 0.296. The van der Waals surface area contributed by atoms with Crippen molar-refractivity contribution in [2.45, 2.75) is 25.8 Å². The van der Waals surface area contributed by atoms with E-state index in [-0.39, 0.29) is 0 Å². The maximum Gasteiger partial charge on any atom is 0.142 e. The molecule has 0 spiro atoms. The second kappa shape index (κ2) is 9.28. The number of fused-ring (bicyclic) bond motifs is 4. The fourth-order valence-electron chi connectivity index (χ4n) is 4.94. The average molecular weight is 484 g/mol. The van der Waals surface area contributed by atoms with Crippen LogP contribution < -0.4 is 15.5 Å². The molecular weight excluding hydrogens is 454 g/mol. The summed E-state index contributed by atoms with van der Waals surface area (Å²) in [5.74, 6) is 1.54. The van der Waals surface area contributed by atoms with Gasteiger partial charge in [-0.25, -0.2) is 9.97 Å². The summed E-state index contributed by atoms with van der Waals surface area (Å²) in [6.07, 6.45) is 6.87. The molecule has 0 fully saturated rings. The SMILES string of the molecule is CN(C)c1ccc(CNCC2CCc3c(sc4ncnc(Nc5ccc6[nH]ncc6c5)c34)C2)cc1. The van der Waals surface area contributed by atoms with Crippen LogP contribution in [0.15, 0.2) is 55.0 Å². The molecule has 3 heterocycles. The van der Waals surface area contributed by atoms with Gasteiger partial charge >= 0.3 is 0 Å². The number of hydrogen-bond donors (Lipinski definition) is 3. The highest BCUT2D eigenvalue weighted by Crippen LogP contribution is 2.40. The summed E-state index contributed by atoms with van der Waals surface area (Å²) in [5.41, 5.74) is 6.02. The largest absolute Gasteiger partial charge is 0.378 e. The molecule has 0 radical (unpaired) electrons. The number of rotatable bonds is 7. The Balaban J connectivity index is 1.14. The number of nitrogens with one attached hydrogen (secondary N) is 3. The Morgan fingerprint density at radius 2 is 2.00 bits per heavy atom. The Bertz CT molecular complexity index is 1470. The van der Waals surface area contributed by atoms with Gasteiger partial charge in [0.2, 0.25) is 0 Å². The van der Waals surface area contributed by atoms with E-state index in [0.29, 0.717) is 5.92 Å². The predicted molar refractivity (Wildman–Crippen MR) is 145 cm³/mol. The van der Waals surface area contributed by atoms with Crippen LogP contribution in [0.1, 0.15) is 22.4 Å². The highest BCUT2D eigenvalue weighted by molar-refractivity contribution is 7.19. The predicted octanol–water partition coefficient (Wildman–Crippen LogP) is 5.27. The molecule has 0 bridgehead atoms. The first-order valence-electron chi connectivity index (χ1n) is 12.1. The highest BCUT2D eigenvalue weighted by atomic mass is 32.1. The van der Waals surface area contributed by atoms with Crippen molar-refractivity contribution in [2.24, 2.45) is 5.92 Å². The van der Waals surface area contributed by atoms with Gasteiger partial charge in [0.15, 0.2) is 0 Å². The van der Waals surface area contributed by atoms with E-state index in [1.54, 1.807) is 6.33 Å². The van der Waals surface area contributed by atoms with Gasteiger partial charge in [0.1, 0.15) is 17.0 Å². The van der Waals surface area contributed by atoms with Crippen molar-refractivity contribution in [3.05, 3.63) is 71.0 Å². The van der Waals surface area contributed by atoms with E-state index >= 15 is 0 Å². The van der Waals surface area contributed by atoms with Crippen molar-refractivity contribution in [3.63, 3.8) is 0 Å². The molecule has 5 aromatic rings. The lowest BCUT2D eigenvalue weighted by Gasteiger charge is -2.23. The van der Waals surface area contributed by atoms with Crippen molar-refractivity contribution in [2.75, 3.05) is 30.9 Å². The maximum atomic E-state index is 4.62. The number of H-pyrrole nitrogens is 1. The molecule has 6 rings (SSSR count). The molecule has 1 aliphatic carbocycles. The van der Waals surface area contributed by atoms with E-state index in [2.05, 4.69) is 86.2 Å². The van der Waals surface area contributed by atoms with Crippen LogP contribution in [-0.2, 0) is 19.4 Å². The number of aromatic amines is 1. The third-order valence-electron chi connectivity index (χ3n) is 6.87. The van der Waals surface area contributed by atoms with Crippen LogP contribution in [0.2, 0.25) is 0 Å². The van der Waals surface area contributed by atoms with Gasteiger partial charge in [-0.1, -0.05) is 12.1 Å². The van der Waals surface area contributed by atoms with Gasteiger partial charge in [0.05, 0.1) is 17.1 Å². The van der Waals surface area contributed by atoms with Crippen molar-refractivity contribution >= 4 is 49.6 Å². The van der Waals surface area contributed by atoms with Crippen LogP contribution in [-0.4, -0.2) is 40.8 Å². The van der Waals surface area contributed by atoms with Gasteiger partial charge in [0.25, 0.3) is 0 Å². The summed E-state index contributed by atoms with van der Waals surface area (Å²) in [4.78, 5) is 13.9. The molecule has 35 heavy (non-hydrogen) atoms. The molecule has 0 amide bonds. The summed E-state index contributed by atoms with van der Waals surface area (Å²) >= 11 is 1.83. The number of thiophene rings is 1. The Hall–Kier alpha value is -3.49. The molecule has 0 saturated heterocycles. The van der Waals surface area contributed by atoms with Crippen LogP contribution in [0.4, 0.5) is 17.2 Å². The quantitative estimate of drug-likeness (QED) is 0.293. The molecule has 8 heteroatoms.